The van der Waals surface area contributed by atoms with Crippen LogP contribution in [0.5, 0.6) is 0 Å². The number of aromatic nitrogens is 1. The van der Waals surface area contributed by atoms with E-state index < -0.39 is 15.8 Å². The molecule has 10 heteroatoms. The smallest absolute Gasteiger partial charge is 0.243 e. The predicted octanol–water partition coefficient (Wildman–Crippen LogP) is 5.43. The van der Waals surface area contributed by atoms with Gasteiger partial charge in [0.25, 0.3) is 0 Å². The van der Waals surface area contributed by atoms with Crippen molar-refractivity contribution in [3.63, 3.8) is 0 Å². The van der Waals surface area contributed by atoms with Crippen molar-refractivity contribution in [2.24, 2.45) is 5.92 Å². The lowest BCUT2D eigenvalue weighted by atomic mass is 10.2. The molecule has 2 aromatic carbocycles. The molecule has 3 aromatic rings. The number of nitrogens with zero attached hydrogens (tertiary/aromatic N) is 3. The molecule has 0 spiro atoms. The summed E-state index contributed by atoms with van der Waals surface area (Å²) in [6.45, 7) is 7.86. The third kappa shape index (κ3) is 8.89. The topological polar surface area (TPSA) is 71.8 Å². The molecule has 0 N–H and O–H groups in total. The second kappa shape index (κ2) is 14.6. The van der Waals surface area contributed by atoms with Gasteiger partial charge in [0.2, 0.25) is 15.9 Å². The van der Waals surface area contributed by atoms with Crippen LogP contribution in [0.3, 0.4) is 0 Å². The first-order valence-electron chi connectivity index (χ1n) is 13.1. The standard InChI is InChI=1S/C29H37ClFN3O4S/c1-4-38-18-8-17-34(39(36,37)27-14-12-25(31)13-15-27)22-29(35)33(19-23(2)3)21-26-10-7-16-32(26)20-24-9-5-6-11-28(24)30/h5-7,9-16,23H,4,8,17-22H2,1-3H3. The van der Waals surface area contributed by atoms with E-state index in [1.54, 1.807) is 4.90 Å². The number of rotatable bonds is 15. The van der Waals surface area contributed by atoms with Crippen molar-refractivity contribution in [1.82, 2.24) is 13.8 Å². The zero-order chi connectivity index (χ0) is 28.4. The van der Waals surface area contributed by atoms with Crippen molar-refractivity contribution in [3.05, 3.63) is 89.0 Å². The minimum atomic E-state index is -4.03. The van der Waals surface area contributed by atoms with Gasteiger partial charge in [0.15, 0.2) is 0 Å². The van der Waals surface area contributed by atoms with E-state index in [-0.39, 0.29) is 29.8 Å². The highest BCUT2D eigenvalue weighted by atomic mass is 35.5. The molecule has 0 aliphatic rings. The molecule has 1 amide bonds. The Bertz CT molecular complexity index is 1310. The second-order valence-electron chi connectivity index (χ2n) is 9.73. The van der Waals surface area contributed by atoms with Crippen molar-refractivity contribution in [3.8, 4) is 0 Å². The van der Waals surface area contributed by atoms with Gasteiger partial charge < -0.3 is 14.2 Å². The molecule has 0 unspecified atom stereocenters. The zero-order valence-corrected chi connectivity index (χ0v) is 24.3. The van der Waals surface area contributed by atoms with Crippen LogP contribution in [-0.2, 0) is 32.6 Å². The van der Waals surface area contributed by atoms with Crippen molar-refractivity contribution < 1.29 is 22.3 Å². The Balaban J connectivity index is 1.83. The molecule has 3 rings (SSSR count). The van der Waals surface area contributed by atoms with Gasteiger partial charge in [-0.2, -0.15) is 4.31 Å². The molecular weight excluding hydrogens is 541 g/mol. The van der Waals surface area contributed by atoms with Gasteiger partial charge in [-0.15, -0.1) is 0 Å². The number of halogens is 2. The van der Waals surface area contributed by atoms with Crippen LogP contribution in [0.4, 0.5) is 4.39 Å². The summed E-state index contributed by atoms with van der Waals surface area (Å²) in [4.78, 5) is 15.3. The van der Waals surface area contributed by atoms with Gasteiger partial charge in [-0.25, -0.2) is 12.8 Å². The summed E-state index contributed by atoms with van der Waals surface area (Å²) in [7, 11) is -4.03. The third-order valence-corrected chi connectivity index (χ3v) is 8.40. The lowest BCUT2D eigenvalue weighted by Crippen LogP contribution is -2.44. The zero-order valence-electron chi connectivity index (χ0n) is 22.7. The Morgan fingerprint density at radius 1 is 1.08 bits per heavy atom. The number of benzene rings is 2. The van der Waals surface area contributed by atoms with E-state index in [9.17, 15) is 17.6 Å². The molecule has 0 aliphatic carbocycles. The summed E-state index contributed by atoms with van der Waals surface area (Å²) in [6, 6.07) is 16.1. The highest BCUT2D eigenvalue weighted by Crippen LogP contribution is 2.20. The fraction of sp³-hybridized carbons (Fsp3) is 0.414. The summed E-state index contributed by atoms with van der Waals surface area (Å²) < 4.78 is 49.0. The van der Waals surface area contributed by atoms with Crippen molar-refractivity contribution in [2.45, 2.75) is 45.2 Å². The summed E-state index contributed by atoms with van der Waals surface area (Å²) in [6.07, 6.45) is 2.36. The van der Waals surface area contributed by atoms with Gasteiger partial charge in [0.05, 0.1) is 18.0 Å². The summed E-state index contributed by atoms with van der Waals surface area (Å²) in [5, 5.41) is 0.668. The van der Waals surface area contributed by atoms with Crippen molar-refractivity contribution in [1.29, 1.82) is 0 Å². The molecule has 0 fully saturated rings. The number of hydrogen-bond acceptors (Lipinski definition) is 4. The van der Waals surface area contributed by atoms with E-state index in [0.29, 0.717) is 44.3 Å². The van der Waals surface area contributed by atoms with Gasteiger partial charge >= 0.3 is 0 Å². The van der Waals surface area contributed by atoms with E-state index >= 15 is 0 Å². The maximum atomic E-state index is 13.7. The Morgan fingerprint density at radius 3 is 2.46 bits per heavy atom. The fourth-order valence-corrected chi connectivity index (χ4v) is 5.85. The first kappa shape index (κ1) is 30.8. The highest BCUT2D eigenvalue weighted by Gasteiger charge is 2.29. The molecule has 212 valence electrons. The number of sulfonamides is 1. The Morgan fingerprint density at radius 2 is 1.79 bits per heavy atom. The maximum absolute atomic E-state index is 13.7. The van der Waals surface area contributed by atoms with E-state index in [0.717, 1.165) is 27.7 Å². The van der Waals surface area contributed by atoms with Crippen LogP contribution < -0.4 is 0 Å². The van der Waals surface area contributed by atoms with E-state index in [1.165, 1.54) is 12.1 Å². The van der Waals surface area contributed by atoms with E-state index in [2.05, 4.69) is 0 Å². The number of ether oxygens (including phenoxy) is 1. The number of amides is 1. The second-order valence-corrected chi connectivity index (χ2v) is 12.1. The Labute approximate surface area is 236 Å². The minimum Gasteiger partial charge on any atom is -0.382 e. The average Bonchev–Trinajstić information content (AvgIpc) is 3.33. The fourth-order valence-electron chi connectivity index (χ4n) is 4.23. The van der Waals surface area contributed by atoms with Crippen LogP contribution in [0.25, 0.3) is 0 Å². The van der Waals surface area contributed by atoms with Gasteiger partial charge in [-0.05, 0) is 67.3 Å². The molecule has 1 aromatic heterocycles. The Kier molecular flexibility index (Phi) is 11.5. The quantitative estimate of drug-likeness (QED) is 0.226. The molecule has 0 aliphatic heterocycles. The van der Waals surface area contributed by atoms with Crippen LogP contribution in [0.2, 0.25) is 5.02 Å². The average molecular weight is 578 g/mol. The molecule has 1 heterocycles. The first-order chi connectivity index (χ1) is 18.6. The van der Waals surface area contributed by atoms with Crippen LogP contribution in [0.15, 0.2) is 71.8 Å². The SMILES string of the molecule is CCOCCCN(CC(=O)N(Cc1cccn1Cc1ccccc1Cl)CC(C)C)S(=O)(=O)c1ccc(F)cc1. The monoisotopic (exact) mass is 577 g/mol. The molecule has 0 saturated heterocycles. The predicted molar refractivity (Wildman–Crippen MR) is 152 cm³/mol. The molecule has 0 bridgehead atoms. The van der Waals surface area contributed by atoms with Gasteiger partial charge in [0.1, 0.15) is 5.82 Å². The normalized spacial score (nSPS) is 11.9. The maximum Gasteiger partial charge on any atom is 0.243 e. The Hall–Kier alpha value is -2.72. The molecular formula is C29H37ClFN3O4S. The number of carbonyl (C=O) groups is 1. The highest BCUT2D eigenvalue weighted by molar-refractivity contribution is 7.89. The largest absolute Gasteiger partial charge is 0.382 e. The minimum absolute atomic E-state index is 0.0582. The third-order valence-electron chi connectivity index (χ3n) is 6.18. The van der Waals surface area contributed by atoms with Crippen molar-refractivity contribution >= 4 is 27.5 Å². The number of carbonyl (C=O) groups excluding carboxylic acids is 1. The molecule has 39 heavy (non-hydrogen) atoms. The van der Waals surface area contributed by atoms with Crippen LogP contribution in [0, 0.1) is 11.7 Å². The number of hydrogen-bond donors (Lipinski definition) is 0. The van der Waals surface area contributed by atoms with E-state index in [4.69, 9.17) is 16.3 Å². The molecule has 0 saturated carbocycles. The lowest BCUT2D eigenvalue weighted by Gasteiger charge is -2.29. The molecule has 7 nitrogen and oxygen atoms in total. The summed E-state index contributed by atoms with van der Waals surface area (Å²) >= 11 is 6.37. The lowest BCUT2D eigenvalue weighted by molar-refractivity contribution is -0.132. The molecule has 0 radical (unpaired) electrons. The molecule has 0 atom stereocenters. The summed E-state index contributed by atoms with van der Waals surface area (Å²) in [5.41, 5.74) is 1.87. The van der Waals surface area contributed by atoms with Crippen LogP contribution in [-0.4, -0.2) is 60.9 Å². The van der Waals surface area contributed by atoms with Crippen LogP contribution >= 0.6 is 11.6 Å². The van der Waals surface area contributed by atoms with Crippen LogP contribution in [0.1, 0.15) is 38.4 Å². The summed E-state index contributed by atoms with van der Waals surface area (Å²) in [5.74, 6) is -0.673. The van der Waals surface area contributed by atoms with Gasteiger partial charge in [-0.3, -0.25) is 4.79 Å². The van der Waals surface area contributed by atoms with Gasteiger partial charge in [0, 0.05) is 49.8 Å². The van der Waals surface area contributed by atoms with Gasteiger partial charge in [-0.1, -0.05) is 43.6 Å². The first-order valence-corrected chi connectivity index (χ1v) is 14.9. The van der Waals surface area contributed by atoms with Crippen molar-refractivity contribution in [2.75, 3.05) is 32.8 Å². The van der Waals surface area contributed by atoms with E-state index in [1.807, 2.05) is 67.9 Å².